The number of pyridine rings is 1. The molecule has 1 saturated heterocycles. The Morgan fingerprint density at radius 1 is 1.38 bits per heavy atom. The topological polar surface area (TPSA) is 33.2 Å². The van der Waals surface area contributed by atoms with Gasteiger partial charge in [-0.2, -0.15) is 0 Å². The maximum Gasteiger partial charge on any atom is 0.255 e. The van der Waals surface area contributed by atoms with E-state index in [-0.39, 0.29) is 5.91 Å². The van der Waals surface area contributed by atoms with E-state index in [4.69, 9.17) is 0 Å². The lowest BCUT2D eigenvalue weighted by Crippen LogP contribution is -2.27. The highest BCUT2D eigenvalue weighted by Crippen LogP contribution is 2.11. The number of likely N-dealkylation sites (tertiary alicyclic amines) is 1. The summed E-state index contributed by atoms with van der Waals surface area (Å²) in [6.07, 6.45) is 5.57. The molecule has 0 aromatic carbocycles. The van der Waals surface area contributed by atoms with Gasteiger partial charge in [0.25, 0.3) is 5.91 Å². The van der Waals surface area contributed by atoms with E-state index in [1.165, 1.54) is 0 Å². The van der Waals surface area contributed by atoms with Crippen LogP contribution < -0.4 is 0 Å². The first-order valence-electron chi connectivity index (χ1n) is 4.57. The zero-order valence-corrected chi connectivity index (χ0v) is 7.44. The van der Waals surface area contributed by atoms with E-state index in [0.29, 0.717) is 5.56 Å². The summed E-state index contributed by atoms with van der Waals surface area (Å²) >= 11 is 0. The number of nitrogens with zero attached hydrogens (tertiary/aromatic N) is 2. The summed E-state index contributed by atoms with van der Waals surface area (Å²) in [7, 11) is 0. The minimum absolute atomic E-state index is 0.116. The Hall–Kier alpha value is -1.38. The molecule has 0 saturated carbocycles. The quantitative estimate of drug-likeness (QED) is 0.645. The van der Waals surface area contributed by atoms with Crippen molar-refractivity contribution in [1.82, 2.24) is 9.88 Å². The second-order valence-electron chi connectivity index (χ2n) is 3.24. The number of amides is 1. The first-order valence-corrected chi connectivity index (χ1v) is 4.57. The summed E-state index contributed by atoms with van der Waals surface area (Å²) in [6.45, 7) is 1.79. The predicted molar refractivity (Wildman–Crippen MR) is 49.4 cm³/mol. The molecule has 1 fully saturated rings. The third kappa shape index (κ3) is 1.69. The fourth-order valence-electron chi connectivity index (χ4n) is 1.59. The van der Waals surface area contributed by atoms with E-state index in [9.17, 15) is 4.79 Å². The Morgan fingerprint density at radius 3 is 2.77 bits per heavy atom. The molecule has 0 spiro atoms. The summed E-state index contributed by atoms with van der Waals surface area (Å²) in [4.78, 5) is 17.5. The van der Waals surface area contributed by atoms with Gasteiger partial charge in [0.2, 0.25) is 0 Å². The van der Waals surface area contributed by atoms with Crippen molar-refractivity contribution < 1.29 is 4.79 Å². The molecule has 1 aromatic heterocycles. The van der Waals surface area contributed by atoms with Crippen LogP contribution in [0.1, 0.15) is 23.2 Å². The molecule has 13 heavy (non-hydrogen) atoms. The molecule has 0 atom stereocenters. The van der Waals surface area contributed by atoms with Crippen molar-refractivity contribution in [3.05, 3.63) is 30.1 Å². The second kappa shape index (κ2) is 3.56. The lowest BCUT2D eigenvalue weighted by atomic mass is 9.88. The van der Waals surface area contributed by atoms with Gasteiger partial charge in [-0.05, 0) is 25.0 Å². The minimum Gasteiger partial charge on any atom is -0.339 e. The van der Waals surface area contributed by atoms with E-state index in [1.54, 1.807) is 18.5 Å². The van der Waals surface area contributed by atoms with Gasteiger partial charge < -0.3 is 4.90 Å². The van der Waals surface area contributed by atoms with Crippen molar-refractivity contribution >= 4 is 5.91 Å². The van der Waals surface area contributed by atoms with Crippen molar-refractivity contribution in [2.45, 2.75) is 12.8 Å². The van der Waals surface area contributed by atoms with E-state index in [2.05, 4.69) is 4.98 Å². The van der Waals surface area contributed by atoms with Crippen LogP contribution in [0.15, 0.2) is 24.5 Å². The first kappa shape index (κ1) is 8.23. The molecule has 1 aromatic rings. The Morgan fingerprint density at radius 2 is 2.15 bits per heavy atom. The Kier molecular flexibility index (Phi) is 2.25. The Labute approximate surface area is 77.4 Å². The lowest BCUT2D eigenvalue weighted by molar-refractivity contribution is 0.0792. The summed E-state index contributed by atoms with van der Waals surface area (Å²) in [6, 6.07) is 3.61. The zero-order chi connectivity index (χ0) is 9.10. The summed E-state index contributed by atoms with van der Waals surface area (Å²) in [5.74, 6) is 0.116. The monoisotopic (exact) mass is 175 g/mol. The number of hydrogen-bond acceptors (Lipinski definition) is 2. The number of hydrogen-bond donors (Lipinski definition) is 0. The number of aromatic nitrogens is 1. The van der Waals surface area contributed by atoms with Gasteiger partial charge in [0.15, 0.2) is 0 Å². The second-order valence-corrected chi connectivity index (χ2v) is 3.24. The van der Waals surface area contributed by atoms with Crippen molar-refractivity contribution in [2.75, 3.05) is 13.1 Å². The fraction of sp³-hybridized carbons (Fsp3) is 0.400. The average Bonchev–Trinajstić information content (AvgIpc) is 2.71. The smallest absolute Gasteiger partial charge is 0.255 e. The lowest BCUT2D eigenvalue weighted by Gasteiger charge is -2.14. The molecule has 2 rings (SSSR count). The molecule has 0 N–H and O–H groups in total. The Balaban J connectivity index is 2.13. The van der Waals surface area contributed by atoms with Gasteiger partial charge in [-0.15, -0.1) is 0 Å². The molecule has 68 valence electrons. The van der Waals surface area contributed by atoms with Gasteiger partial charge in [0.1, 0.15) is 0 Å². The molecular formula is C10H12N2O. The van der Waals surface area contributed by atoms with Crippen LogP contribution in [0.2, 0.25) is 0 Å². The molecule has 0 aliphatic carbocycles. The van der Waals surface area contributed by atoms with Crippen molar-refractivity contribution in [3.63, 3.8) is 0 Å². The largest absolute Gasteiger partial charge is 0.339 e. The summed E-state index contributed by atoms with van der Waals surface area (Å²) < 4.78 is 0. The normalized spacial score (nSPS) is 16.2. The van der Waals surface area contributed by atoms with Crippen molar-refractivity contribution in [2.24, 2.45) is 0 Å². The molecule has 2 heterocycles. The molecule has 1 aliphatic heterocycles. The van der Waals surface area contributed by atoms with Gasteiger partial charge in [0, 0.05) is 25.5 Å². The van der Waals surface area contributed by atoms with E-state index in [0.717, 1.165) is 25.9 Å². The van der Waals surface area contributed by atoms with Crippen LogP contribution >= 0.6 is 0 Å². The Bertz CT molecular complexity index is 291. The maximum atomic E-state index is 11.7. The molecule has 1 amide bonds. The van der Waals surface area contributed by atoms with Crippen LogP contribution in [-0.2, 0) is 0 Å². The zero-order valence-electron chi connectivity index (χ0n) is 7.44. The minimum atomic E-state index is 0.116. The molecule has 3 heteroatoms. The van der Waals surface area contributed by atoms with Crippen molar-refractivity contribution in [3.8, 4) is 0 Å². The molecular weight excluding hydrogens is 163 g/mol. The maximum absolute atomic E-state index is 11.7. The van der Waals surface area contributed by atoms with Gasteiger partial charge in [-0.1, -0.05) is 0 Å². The average molecular weight is 175 g/mol. The first-order chi connectivity index (χ1) is 6.38. The highest BCUT2D eigenvalue weighted by molar-refractivity contribution is 5.93. The van der Waals surface area contributed by atoms with E-state index >= 15 is 0 Å². The molecule has 0 unspecified atom stereocenters. The molecule has 1 aliphatic rings. The predicted octanol–water partition coefficient (Wildman–Crippen LogP) is 1.32. The SMILES string of the molecule is O=[11C](c1cccnc1)N1CCCC1. The van der Waals surface area contributed by atoms with Crippen LogP contribution in [0, 0.1) is 0 Å². The van der Waals surface area contributed by atoms with Gasteiger partial charge in [0.05, 0.1) is 5.56 Å². The van der Waals surface area contributed by atoms with Crippen LogP contribution in [-0.4, -0.2) is 28.9 Å². The van der Waals surface area contributed by atoms with Crippen LogP contribution in [0.3, 0.4) is 0 Å². The van der Waals surface area contributed by atoms with Crippen LogP contribution in [0.25, 0.3) is 0 Å². The summed E-state index contributed by atoms with van der Waals surface area (Å²) in [5.41, 5.74) is 0.699. The number of rotatable bonds is 1. The fourth-order valence-corrected chi connectivity index (χ4v) is 1.59. The van der Waals surface area contributed by atoms with Gasteiger partial charge in [-0.25, -0.2) is 0 Å². The van der Waals surface area contributed by atoms with Crippen LogP contribution in [0.5, 0.6) is 0 Å². The van der Waals surface area contributed by atoms with Gasteiger partial charge >= 0.3 is 0 Å². The highest BCUT2D eigenvalue weighted by atomic mass is 16.1. The third-order valence-corrected chi connectivity index (χ3v) is 2.30. The standard InChI is InChI=1S/C10H12N2O/c13-10(12-6-1-2-7-12)9-4-3-5-11-8-9/h3-5,8H,1-2,6-7H2/i10-1. The van der Waals surface area contributed by atoms with Crippen LogP contribution in [0.4, 0.5) is 0 Å². The molecule has 3 nitrogen and oxygen atoms in total. The van der Waals surface area contributed by atoms with Crippen molar-refractivity contribution in [1.29, 1.82) is 0 Å². The summed E-state index contributed by atoms with van der Waals surface area (Å²) in [5, 5.41) is 0. The molecule has 0 bridgehead atoms. The van der Waals surface area contributed by atoms with E-state index in [1.807, 2.05) is 11.0 Å². The van der Waals surface area contributed by atoms with Gasteiger partial charge in [-0.3, -0.25) is 9.78 Å². The molecule has 0 radical (unpaired) electrons. The number of carbonyl (C=O) groups is 1. The third-order valence-electron chi connectivity index (χ3n) is 2.30. The van der Waals surface area contributed by atoms with E-state index < -0.39 is 0 Å². The number of carbonyl (C=O) groups excluding carboxylic acids is 1. The highest BCUT2D eigenvalue weighted by Gasteiger charge is 2.18.